The molecule has 0 aromatic heterocycles. The minimum atomic E-state index is -0.402. The lowest BCUT2D eigenvalue weighted by Gasteiger charge is -2.46. The van der Waals surface area contributed by atoms with Gasteiger partial charge in [-0.2, -0.15) is 4.99 Å². The Balaban J connectivity index is 1.56. The van der Waals surface area contributed by atoms with Crippen LogP contribution in [-0.2, 0) is 4.74 Å². The summed E-state index contributed by atoms with van der Waals surface area (Å²) in [6, 6.07) is 0.232. The van der Waals surface area contributed by atoms with Gasteiger partial charge in [-0.1, -0.05) is 0 Å². The minimum Gasteiger partial charge on any atom is -0.440 e. The van der Waals surface area contributed by atoms with E-state index in [0.717, 1.165) is 51.7 Å². The number of amidine groups is 1. The molecule has 0 saturated carbocycles. The molecule has 0 radical (unpaired) electrons. The number of rotatable bonds is 1. The van der Waals surface area contributed by atoms with Crippen molar-refractivity contribution in [1.82, 2.24) is 15.1 Å². The van der Waals surface area contributed by atoms with Crippen molar-refractivity contribution in [2.24, 2.45) is 10.7 Å². The first-order valence-corrected chi connectivity index (χ1v) is 9.57. The van der Waals surface area contributed by atoms with Crippen molar-refractivity contribution in [3.63, 3.8) is 0 Å². The second kappa shape index (κ2) is 7.06. The van der Waals surface area contributed by atoms with Crippen LogP contribution < -0.4 is 11.1 Å². The Morgan fingerprint density at radius 1 is 1.23 bits per heavy atom. The van der Waals surface area contributed by atoms with E-state index in [2.05, 4.69) is 15.2 Å². The Kier molecular flexibility index (Phi) is 5.14. The largest absolute Gasteiger partial charge is 0.440 e. The molecule has 0 aliphatic carbocycles. The van der Waals surface area contributed by atoms with Crippen molar-refractivity contribution in [2.75, 3.05) is 26.2 Å². The van der Waals surface area contributed by atoms with E-state index in [1.165, 1.54) is 0 Å². The Morgan fingerprint density at radius 2 is 1.92 bits per heavy atom. The molecule has 3 saturated heterocycles. The molecular weight excluding hydrogens is 334 g/mol. The number of aliphatic imine (C=N–C) groups is 1. The van der Waals surface area contributed by atoms with Gasteiger partial charge in [-0.05, 0) is 40.0 Å². The van der Waals surface area contributed by atoms with Gasteiger partial charge in [0, 0.05) is 45.1 Å². The van der Waals surface area contributed by atoms with Crippen molar-refractivity contribution in [3.05, 3.63) is 0 Å². The lowest BCUT2D eigenvalue weighted by molar-refractivity contribution is -0.0493. The number of amides is 3. The summed E-state index contributed by atoms with van der Waals surface area (Å²) in [5.74, 6) is 0.305. The molecule has 0 aromatic rings. The van der Waals surface area contributed by atoms with Crippen LogP contribution >= 0.6 is 0 Å². The Morgan fingerprint density at radius 3 is 2.50 bits per heavy atom. The summed E-state index contributed by atoms with van der Waals surface area (Å²) >= 11 is 0. The summed E-state index contributed by atoms with van der Waals surface area (Å²) in [6.45, 7) is 9.00. The quantitative estimate of drug-likeness (QED) is 0.544. The zero-order valence-electron chi connectivity index (χ0n) is 16.1. The number of piperidine rings is 1. The summed E-state index contributed by atoms with van der Waals surface area (Å²) in [6.07, 6.45) is 4.37. The summed E-state index contributed by atoms with van der Waals surface area (Å²) in [5.41, 5.74) is 4.79. The number of hydrogen-bond acceptors (Lipinski definition) is 4. The molecule has 3 heterocycles. The third kappa shape index (κ3) is 3.65. The van der Waals surface area contributed by atoms with Crippen LogP contribution in [0, 0.1) is 0 Å². The van der Waals surface area contributed by atoms with Crippen molar-refractivity contribution in [1.29, 1.82) is 0 Å². The van der Waals surface area contributed by atoms with Gasteiger partial charge in [-0.25, -0.2) is 9.59 Å². The first kappa shape index (κ1) is 18.9. The van der Waals surface area contributed by atoms with Gasteiger partial charge in [0.25, 0.3) is 0 Å². The van der Waals surface area contributed by atoms with E-state index in [1.54, 1.807) is 11.8 Å². The lowest BCUT2D eigenvalue weighted by Crippen LogP contribution is -2.59. The summed E-state index contributed by atoms with van der Waals surface area (Å²) in [5, 5.41) is 2.95. The molecule has 8 heteroatoms. The van der Waals surface area contributed by atoms with Gasteiger partial charge in [0.1, 0.15) is 11.4 Å². The van der Waals surface area contributed by atoms with Crippen LogP contribution in [0.2, 0.25) is 0 Å². The Hall–Kier alpha value is -1.83. The third-order valence-electron chi connectivity index (χ3n) is 6.20. The number of carbonyl (C=O) groups excluding carboxylic acids is 2. The monoisotopic (exact) mass is 365 g/mol. The maximum Gasteiger partial charge on any atom is 0.408 e. The van der Waals surface area contributed by atoms with Gasteiger partial charge in [-0.3, -0.25) is 0 Å². The molecular formula is C18H31N5O3. The fourth-order valence-corrected chi connectivity index (χ4v) is 4.53. The number of alkyl carbamates (subject to hydrolysis) is 1. The van der Waals surface area contributed by atoms with Gasteiger partial charge in [-0.15, -0.1) is 0 Å². The highest BCUT2D eigenvalue weighted by Gasteiger charge is 2.56. The normalized spacial score (nSPS) is 29.2. The number of ether oxygens (including phenoxy) is 1. The minimum absolute atomic E-state index is 0.228. The topological polar surface area (TPSA) is 100 Å². The van der Waals surface area contributed by atoms with Crippen LogP contribution in [0.4, 0.5) is 9.59 Å². The predicted octanol–water partition coefficient (Wildman–Crippen LogP) is 1.69. The molecule has 0 bridgehead atoms. The van der Waals surface area contributed by atoms with Crippen LogP contribution in [0.5, 0.6) is 0 Å². The smallest absolute Gasteiger partial charge is 0.408 e. The molecule has 1 atom stereocenters. The zero-order chi connectivity index (χ0) is 18.9. The number of nitrogens with zero attached hydrogens (tertiary/aromatic N) is 3. The number of nitrogens with two attached hydrogens (primary N) is 1. The van der Waals surface area contributed by atoms with Crippen molar-refractivity contribution >= 4 is 18.0 Å². The van der Waals surface area contributed by atoms with Gasteiger partial charge in [0.15, 0.2) is 0 Å². The maximum atomic E-state index is 12.1. The van der Waals surface area contributed by atoms with Crippen LogP contribution in [0.3, 0.4) is 0 Å². The zero-order valence-corrected chi connectivity index (χ0v) is 16.1. The van der Waals surface area contributed by atoms with Crippen molar-refractivity contribution < 1.29 is 14.3 Å². The van der Waals surface area contributed by atoms with E-state index < -0.39 is 5.60 Å². The van der Waals surface area contributed by atoms with Gasteiger partial charge in [0.05, 0.1) is 5.54 Å². The molecule has 1 spiro atoms. The standard InChI is InChI=1S/C18H31N5O3/c1-13(19)20-15(24)23-9-4-5-14(6-10-23)22-11-7-18(8-12-22)17(2,3)21-16(25)26-18/h14H,4-12H2,1-3H3,(H,21,25)(H2,19,20,24). The Bertz CT molecular complexity index is 592. The molecule has 8 nitrogen and oxygen atoms in total. The molecule has 26 heavy (non-hydrogen) atoms. The molecule has 3 rings (SSSR count). The van der Waals surface area contributed by atoms with Crippen LogP contribution in [-0.4, -0.2) is 71.1 Å². The molecule has 1 unspecified atom stereocenters. The SMILES string of the molecule is C/C(N)=N/C(=O)N1CCCC(N2CCC3(CC2)OC(=O)NC3(C)C)CC1. The summed E-state index contributed by atoms with van der Waals surface area (Å²) < 4.78 is 5.69. The second-order valence-electron chi connectivity index (χ2n) is 8.28. The fourth-order valence-electron chi connectivity index (χ4n) is 4.53. The molecule has 3 aliphatic rings. The van der Waals surface area contributed by atoms with E-state index in [0.29, 0.717) is 18.4 Å². The molecule has 3 aliphatic heterocycles. The summed E-state index contributed by atoms with van der Waals surface area (Å²) in [7, 11) is 0. The second-order valence-corrected chi connectivity index (χ2v) is 8.28. The summed E-state index contributed by atoms with van der Waals surface area (Å²) in [4.78, 5) is 32.0. The van der Waals surface area contributed by atoms with Crippen molar-refractivity contribution in [3.8, 4) is 0 Å². The third-order valence-corrected chi connectivity index (χ3v) is 6.20. The molecule has 3 N–H and O–H groups in total. The highest BCUT2D eigenvalue weighted by molar-refractivity contribution is 5.91. The maximum absolute atomic E-state index is 12.1. The Labute approximate surface area is 155 Å². The van der Waals surface area contributed by atoms with E-state index in [1.807, 2.05) is 13.8 Å². The number of carbonyl (C=O) groups is 2. The average molecular weight is 365 g/mol. The lowest BCUT2D eigenvalue weighted by atomic mass is 9.76. The molecule has 3 fully saturated rings. The number of urea groups is 1. The molecule has 3 amide bonds. The molecule has 0 aromatic carbocycles. The highest BCUT2D eigenvalue weighted by Crippen LogP contribution is 2.41. The van der Waals surface area contributed by atoms with E-state index in [9.17, 15) is 9.59 Å². The van der Waals surface area contributed by atoms with Crippen LogP contribution in [0.25, 0.3) is 0 Å². The fraction of sp³-hybridized carbons (Fsp3) is 0.833. The number of nitrogens with one attached hydrogen (secondary N) is 1. The van der Waals surface area contributed by atoms with E-state index >= 15 is 0 Å². The number of likely N-dealkylation sites (tertiary alicyclic amines) is 2. The highest BCUT2D eigenvalue weighted by atomic mass is 16.6. The van der Waals surface area contributed by atoms with Crippen LogP contribution in [0.1, 0.15) is 52.9 Å². The average Bonchev–Trinajstić information content (AvgIpc) is 2.72. The van der Waals surface area contributed by atoms with Gasteiger partial charge in [0.2, 0.25) is 0 Å². The predicted molar refractivity (Wildman–Crippen MR) is 99.1 cm³/mol. The number of hydrogen-bond donors (Lipinski definition) is 2. The first-order valence-electron chi connectivity index (χ1n) is 9.57. The first-order chi connectivity index (χ1) is 12.2. The van der Waals surface area contributed by atoms with Crippen LogP contribution in [0.15, 0.2) is 4.99 Å². The van der Waals surface area contributed by atoms with Crippen molar-refractivity contribution in [2.45, 2.75) is 70.1 Å². The van der Waals surface area contributed by atoms with Gasteiger partial charge < -0.3 is 25.6 Å². The van der Waals surface area contributed by atoms with E-state index in [-0.39, 0.29) is 17.7 Å². The molecule has 146 valence electrons. The van der Waals surface area contributed by atoms with Gasteiger partial charge >= 0.3 is 12.1 Å². The van der Waals surface area contributed by atoms with E-state index in [4.69, 9.17) is 10.5 Å².